The Labute approximate surface area is 193 Å². The maximum absolute atomic E-state index is 12.6. The van der Waals surface area contributed by atoms with Crippen LogP contribution in [-0.2, 0) is 6.42 Å². The molecule has 1 amide bonds. The molecule has 0 fully saturated rings. The fourth-order valence-corrected chi connectivity index (χ4v) is 4.07. The summed E-state index contributed by atoms with van der Waals surface area (Å²) in [6.07, 6.45) is 0.749. The van der Waals surface area contributed by atoms with Gasteiger partial charge in [-0.2, -0.15) is 9.61 Å². The second-order valence-corrected chi connectivity index (χ2v) is 8.03. The van der Waals surface area contributed by atoms with Gasteiger partial charge in [-0.3, -0.25) is 10.1 Å². The van der Waals surface area contributed by atoms with Crippen molar-refractivity contribution in [2.75, 3.05) is 19.5 Å². The first-order valence-corrected chi connectivity index (χ1v) is 10.9. The van der Waals surface area contributed by atoms with Crippen molar-refractivity contribution in [1.82, 2.24) is 25.1 Å². The summed E-state index contributed by atoms with van der Waals surface area (Å²) in [5.74, 6) is 1.46. The third-order valence-electron chi connectivity index (χ3n) is 4.58. The monoisotopic (exact) mass is 468 g/mol. The summed E-state index contributed by atoms with van der Waals surface area (Å²) in [6, 6.07) is 12.5. The zero-order valence-electron chi connectivity index (χ0n) is 17.6. The quantitative estimate of drug-likeness (QED) is 0.414. The van der Waals surface area contributed by atoms with Crippen molar-refractivity contribution in [3.8, 4) is 22.1 Å². The SMILES string of the molecule is CCc1nnc2sc(-c3cccc(NC(=S)NC(=O)c4cc(OC)cc(OC)c4)c3)nn12. The number of amides is 1. The molecule has 2 N–H and O–H groups in total. The van der Waals surface area contributed by atoms with E-state index in [9.17, 15) is 4.79 Å². The van der Waals surface area contributed by atoms with Crippen LogP contribution < -0.4 is 20.1 Å². The molecule has 9 nitrogen and oxygen atoms in total. The Morgan fingerprint density at radius 2 is 1.88 bits per heavy atom. The first-order valence-electron chi connectivity index (χ1n) is 9.67. The van der Waals surface area contributed by atoms with Crippen molar-refractivity contribution in [2.45, 2.75) is 13.3 Å². The maximum Gasteiger partial charge on any atom is 0.257 e. The molecule has 0 bridgehead atoms. The number of aryl methyl sites for hydroxylation is 1. The third kappa shape index (κ3) is 4.53. The number of benzene rings is 2. The van der Waals surface area contributed by atoms with Crippen LogP contribution in [0.5, 0.6) is 11.5 Å². The molecule has 2 aromatic carbocycles. The summed E-state index contributed by atoms with van der Waals surface area (Å²) >= 11 is 6.78. The van der Waals surface area contributed by atoms with Crippen LogP contribution in [0.2, 0.25) is 0 Å². The molecule has 11 heteroatoms. The molecule has 0 unspecified atom stereocenters. The predicted molar refractivity (Wildman–Crippen MR) is 127 cm³/mol. The molecule has 0 aliphatic rings. The molecule has 2 aromatic heterocycles. The van der Waals surface area contributed by atoms with Gasteiger partial charge in [0.2, 0.25) is 4.96 Å². The van der Waals surface area contributed by atoms with Crippen LogP contribution in [0.3, 0.4) is 0 Å². The number of hydrogen-bond acceptors (Lipinski definition) is 8. The molecule has 2 heterocycles. The number of hydrogen-bond donors (Lipinski definition) is 2. The van der Waals surface area contributed by atoms with E-state index in [2.05, 4.69) is 25.9 Å². The minimum absolute atomic E-state index is 0.167. The summed E-state index contributed by atoms with van der Waals surface area (Å²) in [5, 5.41) is 19.6. The molecule has 164 valence electrons. The zero-order valence-corrected chi connectivity index (χ0v) is 19.2. The average molecular weight is 469 g/mol. The lowest BCUT2D eigenvalue weighted by molar-refractivity contribution is 0.0977. The van der Waals surface area contributed by atoms with Crippen molar-refractivity contribution in [3.05, 3.63) is 53.9 Å². The normalized spacial score (nSPS) is 10.7. The minimum Gasteiger partial charge on any atom is -0.497 e. The van der Waals surface area contributed by atoms with Gasteiger partial charge >= 0.3 is 0 Å². The standard InChI is InChI=1S/C21H20N6O3S2/c1-4-17-24-25-21-27(17)26-19(32-21)12-6-5-7-14(8-12)22-20(31)23-18(28)13-9-15(29-2)11-16(10-13)30-3/h5-11H,4H2,1-3H3,(H2,22,23,28,31). The second kappa shape index (κ2) is 9.28. The van der Waals surface area contributed by atoms with E-state index in [0.29, 0.717) is 17.1 Å². The summed E-state index contributed by atoms with van der Waals surface area (Å²) in [7, 11) is 3.05. The Bertz CT molecular complexity index is 1280. The third-order valence-corrected chi connectivity index (χ3v) is 5.73. The first kappa shape index (κ1) is 21.7. The zero-order chi connectivity index (χ0) is 22.7. The van der Waals surface area contributed by atoms with E-state index in [1.165, 1.54) is 25.6 Å². The molecule has 4 rings (SSSR count). The van der Waals surface area contributed by atoms with Gasteiger partial charge in [-0.05, 0) is 36.5 Å². The van der Waals surface area contributed by atoms with Crippen LogP contribution >= 0.6 is 23.6 Å². The number of thiocarbonyl (C=S) groups is 1. The number of ether oxygens (including phenoxy) is 2. The predicted octanol–water partition coefficient (Wildman–Crippen LogP) is 3.56. The Kier molecular flexibility index (Phi) is 6.28. The Morgan fingerprint density at radius 3 is 2.56 bits per heavy atom. The Balaban J connectivity index is 1.48. The van der Waals surface area contributed by atoms with Gasteiger partial charge in [-0.25, -0.2) is 0 Å². The Hall–Kier alpha value is -3.57. The molecular formula is C21H20N6O3S2. The van der Waals surface area contributed by atoms with Gasteiger partial charge in [0.15, 0.2) is 10.9 Å². The summed E-state index contributed by atoms with van der Waals surface area (Å²) in [6.45, 7) is 2.01. The van der Waals surface area contributed by atoms with Gasteiger partial charge in [0.25, 0.3) is 5.91 Å². The van der Waals surface area contributed by atoms with Crippen molar-refractivity contribution in [2.24, 2.45) is 0 Å². The lowest BCUT2D eigenvalue weighted by Gasteiger charge is -2.12. The summed E-state index contributed by atoms with van der Waals surface area (Å²) in [5.41, 5.74) is 1.99. The lowest BCUT2D eigenvalue weighted by atomic mass is 10.2. The number of nitrogens with one attached hydrogen (secondary N) is 2. The van der Waals surface area contributed by atoms with Gasteiger partial charge in [0.1, 0.15) is 16.5 Å². The van der Waals surface area contributed by atoms with Crippen molar-refractivity contribution in [3.63, 3.8) is 0 Å². The van der Waals surface area contributed by atoms with E-state index in [0.717, 1.165) is 33.5 Å². The maximum atomic E-state index is 12.6. The number of anilines is 1. The highest BCUT2D eigenvalue weighted by Crippen LogP contribution is 2.27. The molecule has 4 aromatic rings. The number of methoxy groups -OCH3 is 2. The smallest absolute Gasteiger partial charge is 0.257 e. The molecule has 0 atom stereocenters. The highest BCUT2D eigenvalue weighted by molar-refractivity contribution is 7.80. The van der Waals surface area contributed by atoms with Gasteiger partial charge in [0, 0.05) is 29.3 Å². The van der Waals surface area contributed by atoms with E-state index in [-0.39, 0.29) is 11.0 Å². The summed E-state index contributed by atoms with van der Waals surface area (Å²) in [4.78, 5) is 13.4. The molecule has 0 saturated heterocycles. The fourth-order valence-electron chi connectivity index (χ4n) is 3.00. The molecular weight excluding hydrogens is 448 g/mol. The fraction of sp³-hybridized carbons (Fsp3) is 0.190. The van der Waals surface area contributed by atoms with Crippen LogP contribution in [0.15, 0.2) is 42.5 Å². The van der Waals surface area contributed by atoms with Crippen molar-refractivity contribution < 1.29 is 14.3 Å². The largest absolute Gasteiger partial charge is 0.497 e. The average Bonchev–Trinajstić information content (AvgIpc) is 3.39. The van der Waals surface area contributed by atoms with Crippen LogP contribution in [0, 0.1) is 0 Å². The molecule has 0 aliphatic carbocycles. The lowest BCUT2D eigenvalue weighted by Crippen LogP contribution is -2.34. The number of carbonyl (C=O) groups is 1. The topological polar surface area (TPSA) is 103 Å². The van der Waals surface area contributed by atoms with E-state index >= 15 is 0 Å². The number of carbonyl (C=O) groups excluding carboxylic acids is 1. The molecule has 0 spiro atoms. The number of rotatable bonds is 6. The molecule has 0 radical (unpaired) electrons. The van der Waals surface area contributed by atoms with Gasteiger partial charge in [-0.15, -0.1) is 10.2 Å². The molecule has 32 heavy (non-hydrogen) atoms. The van der Waals surface area contributed by atoms with Crippen molar-refractivity contribution in [1.29, 1.82) is 0 Å². The van der Waals surface area contributed by atoms with Crippen LogP contribution in [0.4, 0.5) is 5.69 Å². The highest BCUT2D eigenvalue weighted by atomic mass is 32.1. The van der Waals surface area contributed by atoms with Gasteiger partial charge in [-0.1, -0.05) is 30.4 Å². The number of fused-ring (bicyclic) bond motifs is 1. The van der Waals surface area contributed by atoms with Crippen LogP contribution in [0.1, 0.15) is 23.1 Å². The minimum atomic E-state index is -0.378. The van der Waals surface area contributed by atoms with E-state index in [1.54, 1.807) is 22.7 Å². The Morgan fingerprint density at radius 1 is 1.12 bits per heavy atom. The number of nitrogens with zero attached hydrogens (tertiary/aromatic N) is 4. The molecule has 0 saturated carbocycles. The first-order chi connectivity index (χ1) is 15.5. The molecule has 0 aliphatic heterocycles. The van der Waals surface area contributed by atoms with Gasteiger partial charge in [0.05, 0.1) is 14.2 Å². The van der Waals surface area contributed by atoms with Crippen LogP contribution in [0.25, 0.3) is 15.5 Å². The van der Waals surface area contributed by atoms with E-state index < -0.39 is 0 Å². The summed E-state index contributed by atoms with van der Waals surface area (Å²) < 4.78 is 12.2. The van der Waals surface area contributed by atoms with Crippen molar-refractivity contribution >= 4 is 45.2 Å². The highest BCUT2D eigenvalue weighted by Gasteiger charge is 2.14. The van der Waals surface area contributed by atoms with Crippen LogP contribution in [-0.4, -0.2) is 45.1 Å². The van der Waals surface area contributed by atoms with E-state index in [4.69, 9.17) is 21.7 Å². The number of aromatic nitrogens is 4. The van der Waals surface area contributed by atoms with Gasteiger partial charge < -0.3 is 14.8 Å². The van der Waals surface area contributed by atoms with E-state index in [1.807, 2.05) is 31.2 Å². The second-order valence-electron chi connectivity index (χ2n) is 6.66.